The number of carbonyl (C=O) groups excluding carboxylic acids is 1. The monoisotopic (exact) mass is 354 g/mol. The molecule has 5 nitrogen and oxygen atoms in total. The molecule has 0 unspecified atom stereocenters. The molecule has 26 heavy (non-hydrogen) atoms. The Balaban J connectivity index is 2.16. The molecule has 1 aromatic carbocycles. The van der Waals surface area contributed by atoms with Crippen LogP contribution in [0, 0.1) is 6.92 Å². The van der Waals surface area contributed by atoms with Gasteiger partial charge in [-0.3, -0.25) is 4.79 Å². The minimum Gasteiger partial charge on any atom is -0.372 e. The van der Waals surface area contributed by atoms with Gasteiger partial charge in [0.05, 0.1) is 0 Å². The summed E-state index contributed by atoms with van der Waals surface area (Å²) in [6, 6.07) is 9.63. The van der Waals surface area contributed by atoms with E-state index >= 15 is 0 Å². The van der Waals surface area contributed by atoms with Crippen LogP contribution in [-0.4, -0.2) is 29.5 Å². The Bertz CT molecular complexity index is 761. The van der Waals surface area contributed by atoms with E-state index in [4.69, 9.17) is 0 Å². The largest absolute Gasteiger partial charge is 0.372 e. The van der Waals surface area contributed by atoms with Gasteiger partial charge >= 0.3 is 0 Å². The normalized spacial score (nSPS) is 11.2. The SMILES string of the molecule is CCN(CC)c1ccc(NC(=O)c2ccnc(NC(C)(C)C)c2)c(C)c1. The molecule has 0 spiro atoms. The van der Waals surface area contributed by atoms with Gasteiger partial charge in [0.1, 0.15) is 5.82 Å². The van der Waals surface area contributed by atoms with Crippen molar-refractivity contribution in [1.29, 1.82) is 0 Å². The Labute approximate surface area is 156 Å². The second-order valence-corrected chi connectivity index (χ2v) is 7.43. The van der Waals surface area contributed by atoms with E-state index in [0.717, 1.165) is 24.3 Å². The average Bonchev–Trinajstić information content (AvgIpc) is 2.57. The predicted molar refractivity (Wildman–Crippen MR) is 110 cm³/mol. The fourth-order valence-corrected chi connectivity index (χ4v) is 2.79. The first-order valence-electron chi connectivity index (χ1n) is 9.14. The third kappa shape index (κ3) is 5.22. The molecule has 0 radical (unpaired) electrons. The van der Waals surface area contributed by atoms with Gasteiger partial charge in [0.2, 0.25) is 0 Å². The number of hydrogen-bond acceptors (Lipinski definition) is 4. The molecule has 0 saturated heterocycles. The van der Waals surface area contributed by atoms with Gasteiger partial charge in [-0.1, -0.05) is 0 Å². The second-order valence-electron chi connectivity index (χ2n) is 7.43. The van der Waals surface area contributed by atoms with E-state index in [1.807, 2.05) is 13.0 Å². The van der Waals surface area contributed by atoms with Crippen molar-refractivity contribution in [3.63, 3.8) is 0 Å². The van der Waals surface area contributed by atoms with E-state index in [9.17, 15) is 4.79 Å². The van der Waals surface area contributed by atoms with Crippen LogP contribution in [0.3, 0.4) is 0 Å². The van der Waals surface area contributed by atoms with Crippen molar-refractivity contribution in [1.82, 2.24) is 4.98 Å². The van der Waals surface area contributed by atoms with Crippen molar-refractivity contribution in [3.8, 4) is 0 Å². The number of aromatic nitrogens is 1. The van der Waals surface area contributed by atoms with E-state index in [0.29, 0.717) is 11.4 Å². The van der Waals surface area contributed by atoms with Crippen LogP contribution in [0.5, 0.6) is 0 Å². The molecule has 0 aliphatic carbocycles. The van der Waals surface area contributed by atoms with E-state index < -0.39 is 0 Å². The number of carbonyl (C=O) groups is 1. The number of amides is 1. The maximum Gasteiger partial charge on any atom is 0.255 e. The van der Waals surface area contributed by atoms with Crippen LogP contribution < -0.4 is 15.5 Å². The maximum atomic E-state index is 12.6. The fourth-order valence-electron chi connectivity index (χ4n) is 2.79. The highest BCUT2D eigenvalue weighted by Crippen LogP contribution is 2.23. The Hall–Kier alpha value is -2.56. The second kappa shape index (κ2) is 8.21. The van der Waals surface area contributed by atoms with Gasteiger partial charge < -0.3 is 15.5 Å². The number of pyridine rings is 1. The molecule has 0 aliphatic heterocycles. The minimum atomic E-state index is -0.136. The first-order chi connectivity index (χ1) is 12.2. The Morgan fingerprint density at radius 3 is 2.38 bits per heavy atom. The van der Waals surface area contributed by atoms with Gasteiger partial charge in [0, 0.05) is 41.8 Å². The lowest BCUT2D eigenvalue weighted by Gasteiger charge is -2.22. The van der Waals surface area contributed by atoms with Crippen LogP contribution in [-0.2, 0) is 0 Å². The first kappa shape index (κ1) is 19.8. The first-order valence-corrected chi connectivity index (χ1v) is 9.14. The molecule has 0 aliphatic rings. The van der Waals surface area contributed by atoms with Crippen molar-refractivity contribution in [2.45, 2.75) is 47.1 Å². The highest BCUT2D eigenvalue weighted by Gasteiger charge is 2.13. The van der Waals surface area contributed by atoms with Gasteiger partial charge in [-0.15, -0.1) is 0 Å². The van der Waals surface area contributed by atoms with Crippen LogP contribution in [0.1, 0.15) is 50.5 Å². The predicted octanol–water partition coefficient (Wildman–Crippen LogP) is 4.70. The molecule has 0 bridgehead atoms. The van der Waals surface area contributed by atoms with Crippen LogP contribution in [0.2, 0.25) is 0 Å². The molecule has 1 heterocycles. The van der Waals surface area contributed by atoms with Crippen molar-refractivity contribution in [2.24, 2.45) is 0 Å². The Morgan fingerprint density at radius 2 is 1.81 bits per heavy atom. The summed E-state index contributed by atoms with van der Waals surface area (Å²) in [5.41, 5.74) is 3.52. The molecule has 2 N–H and O–H groups in total. The third-order valence-corrected chi connectivity index (χ3v) is 4.11. The molecule has 2 rings (SSSR count). The van der Waals surface area contributed by atoms with E-state index in [1.54, 1.807) is 18.3 Å². The van der Waals surface area contributed by atoms with Crippen LogP contribution in [0.4, 0.5) is 17.2 Å². The number of rotatable bonds is 6. The van der Waals surface area contributed by atoms with Crippen molar-refractivity contribution < 1.29 is 4.79 Å². The molecule has 1 amide bonds. The van der Waals surface area contributed by atoms with Crippen molar-refractivity contribution >= 4 is 23.1 Å². The third-order valence-electron chi connectivity index (χ3n) is 4.11. The van der Waals surface area contributed by atoms with Crippen LogP contribution in [0.25, 0.3) is 0 Å². The number of anilines is 3. The lowest BCUT2D eigenvalue weighted by molar-refractivity contribution is 0.102. The van der Waals surface area contributed by atoms with Crippen molar-refractivity contribution in [3.05, 3.63) is 47.7 Å². The number of benzene rings is 1. The van der Waals surface area contributed by atoms with Gasteiger partial charge in [-0.2, -0.15) is 0 Å². The van der Waals surface area contributed by atoms with Gasteiger partial charge in [0.25, 0.3) is 5.91 Å². The zero-order chi connectivity index (χ0) is 19.3. The molecule has 140 valence electrons. The highest BCUT2D eigenvalue weighted by molar-refractivity contribution is 6.05. The molecule has 5 heteroatoms. The Kier molecular flexibility index (Phi) is 6.24. The molecule has 0 fully saturated rings. The summed E-state index contributed by atoms with van der Waals surface area (Å²) >= 11 is 0. The summed E-state index contributed by atoms with van der Waals surface area (Å²) in [6.45, 7) is 14.4. The number of aryl methyl sites for hydroxylation is 1. The molecule has 2 aromatic rings. The quantitative estimate of drug-likeness (QED) is 0.789. The summed E-state index contributed by atoms with van der Waals surface area (Å²) in [5, 5.41) is 6.29. The topological polar surface area (TPSA) is 57.3 Å². The van der Waals surface area contributed by atoms with Gasteiger partial charge in [-0.05, 0) is 77.4 Å². The van der Waals surface area contributed by atoms with Crippen LogP contribution >= 0.6 is 0 Å². The number of hydrogen-bond donors (Lipinski definition) is 2. The van der Waals surface area contributed by atoms with Crippen molar-refractivity contribution in [2.75, 3.05) is 28.6 Å². The average molecular weight is 354 g/mol. The molecule has 1 aromatic heterocycles. The molecular weight excluding hydrogens is 324 g/mol. The summed E-state index contributed by atoms with van der Waals surface area (Å²) in [4.78, 5) is 19.2. The standard InChI is InChI=1S/C21H30N4O/c1-7-25(8-2)17-9-10-18(15(3)13-17)23-20(26)16-11-12-22-19(14-16)24-21(4,5)6/h9-14H,7-8H2,1-6H3,(H,22,24)(H,23,26). The molecule has 0 saturated carbocycles. The lowest BCUT2D eigenvalue weighted by atomic mass is 10.1. The zero-order valence-electron chi connectivity index (χ0n) is 16.7. The summed E-state index contributed by atoms with van der Waals surface area (Å²) in [7, 11) is 0. The highest BCUT2D eigenvalue weighted by atomic mass is 16.1. The molecular formula is C21H30N4O. The summed E-state index contributed by atoms with van der Waals surface area (Å²) in [5.74, 6) is 0.557. The minimum absolute atomic E-state index is 0.112. The fraction of sp³-hybridized carbons (Fsp3) is 0.429. The van der Waals surface area contributed by atoms with E-state index in [1.165, 1.54) is 5.69 Å². The summed E-state index contributed by atoms with van der Waals surface area (Å²) in [6.07, 6.45) is 1.65. The molecule has 0 atom stereocenters. The number of nitrogens with one attached hydrogen (secondary N) is 2. The number of nitrogens with zero attached hydrogens (tertiary/aromatic N) is 2. The van der Waals surface area contributed by atoms with E-state index in [-0.39, 0.29) is 11.4 Å². The lowest BCUT2D eigenvalue weighted by Crippen LogP contribution is -2.27. The van der Waals surface area contributed by atoms with E-state index in [2.05, 4.69) is 67.3 Å². The van der Waals surface area contributed by atoms with Crippen LogP contribution in [0.15, 0.2) is 36.5 Å². The van der Waals surface area contributed by atoms with Gasteiger partial charge in [-0.25, -0.2) is 4.98 Å². The van der Waals surface area contributed by atoms with Gasteiger partial charge in [0.15, 0.2) is 0 Å². The smallest absolute Gasteiger partial charge is 0.255 e. The summed E-state index contributed by atoms with van der Waals surface area (Å²) < 4.78 is 0. The maximum absolute atomic E-state index is 12.6. The Morgan fingerprint density at radius 1 is 1.12 bits per heavy atom. The zero-order valence-corrected chi connectivity index (χ0v) is 16.7.